The maximum Gasteiger partial charge on any atom is 0.122 e. The summed E-state index contributed by atoms with van der Waals surface area (Å²) in [7, 11) is 0. The third-order valence-corrected chi connectivity index (χ3v) is 0.887. The Morgan fingerprint density at radius 3 is 1.10 bits per heavy atom. The molecule has 3 nitrogen and oxygen atoms in total. The largest absolute Gasteiger partial charge is 0.508 e. The lowest BCUT2D eigenvalue weighted by Crippen LogP contribution is -1.66. The SMILES string of the molecule is F.Oc1cc(O)cc(O)c1. The summed E-state index contributed by atoms with van der Waals surface area (Å²) < 4.78 is 0. The average molecular weight is 146 g/mol. The first-order chi connectivity index (χ1) is 4.18. The zero-order valence-corrected chi connectivity index (χ0v) is 4.98. The summed E-state index contributed by atoms with van der Waals surface area (Å²) >= 11 is 0. The first-order valence-corrected chi connectivity index (χ1v) is 2.40. The van der Waals surface area contributed by atoms with Crippen molar-refractivity contribution in [2.24, 2.45) is 0 Å². The van der Waals surface area contributed by atoms with E-state index in [-0.39, 0.29) is 22.0 Å². The normalized spacial score (nSPS) is 8.40. The van der Waals surface area contributed by atoms with Crippen molar-refractivity contribution >= 4 is 0 Å². The number of benzene rings is 1. The fraction of sp³-hybridized carbons (Fsp3) is 0. The molecule has 1 rings (SSSR count). The predicted molar refractivity (Wildman–Crippen MR) is 33.9 cm³/mol. The fourth-order valence-corrected chi connectivity index (χ4v) is 0.580. The minimum absolute atomic E-state index is 0. The molecule has 0 saturated heterocycles. The van der Waals surface area contributed by atoms with Gasteiger partial charge in [-0.2, -0.15) is 0 Å². The topological polar surface area (TPSA) is 60.7 Å². The maximum atomic E-state index is 8.67. The van der Waals surface area contributed by atoms with Gasteiger partial charge in [0.25, 0.3) is 0 Å². The van der Waals surface area contributed by atoms with Gasteiger partial charge >= 0.3 is 0 Å². The molecule has 0 aliphatic rings. The summed E-state index contributed by atoms with van der Waals surface area (Å²) in [5.74, 6) is -0.437. The highest BCUT2D eigenvalue weighted by Gasteiger charge is 1.94. The molecule has 0 atom stereocenters. The van der Waals surface area contributed by atoms with Crippen LogP contribution in [0.2, 0.25) is 0 Å². The molecule has 0 amide bonds. The van der Waals surface area contributed by atoms with E-state index in [0.717, 1.165) is 18.2 Å². The molecule has 4 heteroatoms. The van der Waals surface area contributed by atoms with Gasteiger partial charge in [0.05, 0.1) is 0 Å². The van der Waals surface area contributed by atoms with E-state index in [4.69, 9.17) is 15.3 Å². The molecule has 0 aliphatic heterocycles. The number of phenols is 3. The number of rotatable bonds is 0. The van der Waals surface area contributed by atoms with Gasteiger partial charge < -0.3 is 15.3 Å². The minimum atomic E-state index is -0.146. The Kier molecular flexibility index (Phi) is 2.49. The third kappa shape index (κ3) is 1.81. The van der Waals surface area contributed by atoms with Crippen LogP contribution in [0.15, 0.2) is 18.2 Å². The van der Waals surface area contributed by atoms with Gasteiger partial charge in [0, 0.05) is 18.2 Å². The molecule has 3 N–H and O–H groups in total. The summed E-state index contributed by atoms with van der Waals surface area (Å²) in [4.78, 5) is 0. The summed E-state index contributed by atoms with van der Waals surface area (Å²) in [6, 6.07) is 3.42. The number of hydrogen-bond acceptors (Lipinski definition) is 3. The van der Waals surface area contributed by atoms with Crippen molar-refractivity contribution in [3.05, 3.63) is 18.2 Å². The van der Waals surface area contributed by atoms with Crippen molar-refractivity contribution in [3.8, 4) is 17.2 Å². The smallest absolute Gasteiger partial charge is 0.122 e. The van der Waals surface area contributed by atoms with Crippen molar-refractivity contribution in [2.75, 3.05) is 0 Å². The molecule has 1 aromatic carbocycles. The minimum Gasteiger partial charge on any atom is -0.508 e. The monoisotopic (exact) mass is 146 g/mol. The standard InChI is InChI=1S/C6H6O3.FH/c7-4-1-5(8)3-6(9)2-4;/h1-3,7-9H;1H. The molecule has 0 radical (unpaired) electrons. The lowest BCUT2D eigenvalue weighted by Gasteiger charge is -1.94. The van der Waals surface area contributed by atoms with E-state index in [0.29, 0.717) is 0 Å². The van der Waals surface area contributed by atoms with E-state index in [2.05, 4.69) is 0 Å². The molecule has 0 aromatic heterocycles. The molecule has 0 aliphatic carbocycles. The number of hydrogen-bond donors (Lipinski definition) is 3. The van der Waals surface area contributed by atoms with Gasteiger partial charge in [-0.1, -0.05) is 0 Å². The van der Waals surface area contributed by atoms with Crippen LogP contribution in [0.4, 0.5) is 4.70 Å². The molecule has 0 fully saturated rings. The lowest BCUT2D eigenvalue weighted by atomic mass is 10.3. The molecule has 56 valence electrons. The van der Waals surface area contributed by atoms with Crippen molar-refractivity contribution in [2.45, 2.75) is 0 Å². The van der Waals surface area contributed by atoms with Crippen LogP contribution in [0.1, 0.15) is 0 Å². The van der Waals surface area contributed by atoms with Crippen LogP contribution in [0.5, 0.6) is 17.2 Å². The van der Waals surface area contributed by atoms with Crippen molar-refractivity contribution < 1.29 is 20.0 Å². The maximum absolute atomic E-state index is 8.67. The van der Waals surface area contributed by atoms with Gasteiger partial charge in [0.1, 0.15) is 17.2 Å². The van der Waals surface area contributed by atoms with Crippen molar-refractivity contribution in [3.63, 3.8) is 0 Å². The molecule has 0 heterocycles. The molecule has 0 spiro atoms. The van der Waals surface area contributed by atoms with E-state index >= 15 is 0 Å². The van der Waals surface area contributed by atoms with Crippen LogP contribution >= 0.6 is 0 Å². The van der Waals surface area contributed by atoms with Gasteiger partial charge in [-0.05, 0) is 0 Å². The molecule has 0 unspecified atom stereocenters. The molecule has 10 heavy (non-hydrogen) atoms. The third-order valence-electron chi connectivity index (χ3n) is 0.887. The Balaban J connectivity index is 0.000000810. The fourth-order valence-electron chi connectivity index (χ4n) is 0.580. The Labute approximate surface area is 56.5 Å². The van der Waals surface area contributed by atoms with E-state index in [1.54, 1.807) is 0 Å². The van der Waals surface area contributed by atoms with E-state index in [1.165, 1.54) is 0 Å². The Morgan fingerprint density at radius 1 is 0.700 bits per heavy atom. The van der Waals surface area contributed by atoms with Crippen LogP contribution in [-0.2, 0) is 0 Å². The average Bonchev–Trinajstić information content (AvgIpc) is 1.59. The first-order valence-electron chi connectivity index (χ1n) is 2.40. The van der Waals surface area contributed by atoms with Crippen LogP contribution in [0, 0.1) is 0 Å². The molecular weight excluding hydrogens is 139 g/mol. The second-order valence-corrected chi connectivity index (χ2v) is 1.71. The number of aromatic hydroxyl groups is 3. The molecule has 0 bridgehead atoms. The summed E-state index contributed by atoms with van der Waals surface area (Å²) in [5.41, 5.74) is 0. The van der Waals surface area contributed by atoms with Gasteiger partial charge in [-0.25, -0.2) is 0 Å². The van der Waals surface area contributed by atoms with Crippen LogP contribution in [0.25, 0.3) is 0 Å². The van der Waals surface area contributed by atoms with Crippen LogP contribution in [0.3, 0.4) is 0 Å². The van der Waals surface area contributed by atoms with Gasteiger partial charge in [0.15, 0.2) is 0 Å². The second kappa shape index (κ2) is 2.91. The zero-order chi connectivity index (χ0) is 6.85. The quantitative estimate of drug-likeness (QED) is 0.510. The number of halogens is 1. The van der Waals surface area contributed by atoms with Crippen LogP contribution in [-0.4, -0.2) is 15.3 Å². The van der Waals surface area contributed by atoms with Crippen molar-refractivity contribution in [1.29, 1.82) is 0 Å². The van der Waals surface area contributed by atoms with Gasteiger partial charge in [-0.3, -0.25) is 4.70 Å². The number of phenolic OH excluding ortho intramolecular Hbond substituents is 3. The highest BCUT2D eigenvalue weighted by atomic mass is 19.0. The predicted octanol–water partition coefficient (Wildman–Crippen LogP) is 0.956. The molecule has 1 aromatic rings. The van der Waals surface area contributed by atoms with E-state index in [1.807, 2.05) is 0 Å². The summed E-state index contributed by atoms with van der Waals surface area (Å²) in [6.45, 7) is 0. The summed E-state index contributed by atoms with van der Waals surface area (Å²) in [6.07, 6.45) is 0. The molecular formula is C6H7FO3. The van der Waals surface area contributed by atoms with E-state index < -0.39 is 0 Å². The Bertz CT molecular complexity index is 174. The lowest BCUT2D eigenvalue weighted by molar-refractivity contribution is 0.428. The Morgan fingerprint density at radius 2 is 0.900 bits per heavy atom. The zero-order valence-electron chi connectivity index (χ0n) is 4.98. The first kappa shape index (κ1) is 8.55. The second-order valence-electron chi connectivity index (χ2n) is 1.71. The molecule has 0 saturated carbocycles. The van der Waals surface area contributed by atoms with Crippen molar-refractivity contribution in [1.82, 2.24) is 0 Å². The van der Waals surface area contributed by atoms with Gasteiger partial charge in [0.2, 0.25) is 0 Å². The van der Waals surface area contributed by atoms with Gasteiger partial charge in [-0.15, -0.1) is 0 Å². The Hall–Kier alpha value is -1.45. The van der Waals surface area contributed by atoms with Crippen LogP contribution < -0.4 is 0 Å². The highest BCUT2D eigenvalue weighted by molar-refractivity contribution is 5.39. The summed E-state index contributed by atoms with van der Waals surface area (Å²) in [5, 5.41) is 26.0. The van der Waals surface area contributed by atoms with E-state index in [9.17, 15) is 0 Å². The highest BCUT2D eigenvalue weighted by Crippen LogP contribution is 2.23.